The van der Waals surface area contributed by atoms with Crippen molar-refractivity contribution in [2.75, 3.05) is 11.0 Å². The van der Waals surface area contributed by atoms with Gasteiger partial charge in [-0.15, -0.1) is 0 Å². The zero-order valence-electron chi connectivity index (χ0n) is 17.3. The number of carbonyl (C=O) groups is 1. The molecule has 0 aromatic heterocycles. The van der Waals surface area contributed by atoms with E-state index in [9.17, 15) is 17.6 Å². The number of hydrazone groups is 1. The van der Waals surface area contributed by atoms with E-state index in [1.54, 1.807) is 30.3 Å². The number of anilines is 1. The topological polar surface area (TPSA) is 78.8 Å². The lowest BCUT2D eigenvalue weighted by molar-refractivity contribution is -0.137. The van der Waals surface area contributed by atoms with Crippen molar-refractivity contribution in [3.8, 4) is 0 Å². The molecule has 0 radical (unpaired) electrons. The third-order valence-corrected chi connectivity index (χ3v) is 5.83. The average molecular weight is 432 g/mol. The van der Waals surface area contributed by atoms with Crippen molar-refractivity contribution in [1.82, 2.24) is 5.01 Å². The van der Waals surface area contributed by atoms with Crippen molar-refractivity contribution >= 4 is 27.3 Å². The Bertz CT molecular complexity index is 1050. The molecule has 0 fully saturated rings. The molecule has 2 aromatic rings. The Morgan fingerprint density at radius 2 is 1.87 bits per heavy atom. The zero-order chi connectivity index (χ0) is 21.9. The van der Waals surface area contributed by atoms with Crippen molar-refractivity contribution in [3.63, 3.8) is 0 Å². The predicted octanol–water partition coefficient (Wildman–Crippen LogP) is 4.31. The minimum absolute atomic E-state index is 0.0604. The van der Waals surface area contributed by atoms with E-state index in [1.807, 2.05) is 19.9 Å². The molecule has 1 aliphatic rings. The second kappa shape index (κ2) is 8.95. The minimum Gasteiger partial charge on any atom is -0.284 e. The summed E-state index contributed by atoms with van der Waals surface area (Å²) in [5.41, 5.74) is 2.65. The summed E-state index contributed by atoms with van der Waals surface area (Å²) in [6.45, 7) is 3.94. The van der Waals surface area contributed by atoms with Crippen molar-refractivity contribution < 1.29 is 17.6 Å². The Labute approximate surface area is 176 Å². The number of carbonyl (C=O) groups excluding carboxylic acids is 1. The number of rotatable bonds is 7. The van der Waals surface area contributed by atoms with Crippen LogP contribution in [0.1, 0.15) is 50.3 Å². The van der Waals surface area contributed by atoms with E-state index in [1.165, 1.54) is 17.1 Å². The van der Waals surface area contributed by atoms with E-state index in [0.29, 0.717) is 30.7 Å². The fourth-order valence-electron chi connectivity index (χ4n) is 3.63. The van der Waals surface area contributed by atoms with E-state index < -0.39 is 10.0 Å². The molecule has 0 saturated carbocycles. The molecular weight excluding hydrogens is 405 g/mol. The first-order valence-corrected chi connectivity index (χ1v) is 11.8. The van der Waals surface area contributed by atoms with Gasteiger partial charge in [0.1, 0.15) is 5.82 Å². The van der Waals surface area contributed by atoms with Gasteiger partial charge in [0.2, 0.25) is 15.9 Å². The average Bonchev–Trinajstić information content (AvgIpc) is 3.14. The number of benzene rings is 2. The fourth-order valence-corrected chi connectivity index (χ4v) is 4.19. The van der Waals surface area contributed by atoms with Crippen molar-refractivity contribution in [2.45, 2.75) is 39.2 Å². The van der Waals surface area contributed by atoms with E-state index in [0.717, 1.165) is 17.4 Å². The molecule has 1 heterocycles. The molecule has 1 aliphatic heterocycles. The molecule has 0 aliphatic carbocycles. The summed E-state index contributed by atoms with van der Waals surface area (Å²) in [4.78, 5) is 13.1. The zero-order valence-corrected chi connectivity index (χ0v) is 18.1. The fraction of sp³-hybridized carbons (Fsp3) is 0.364. The number of halogens is 1. The molecule has 0 bridgehead atoms. The summed E-state index contributed by atoms with van der Waals surface area (Å²) in [5.74, 6) is -0.542. The molecule has 8 heteroatoms. The Hall–Kier alpha value is -2.74. The predicted molar refractivity (Wildman–Crippen MR) is 116 cm³/mol. The lowest BCUT2D eigenvalue weighted by Crippen LogP contribution is -2.32. The SMILES string of the molecule is CCC(CC)C(=O)N1N=C(c2cccc(NS(C)(=O)=O)c2)C[C@H]1c1ccc(F)cc1. The van der Waals surface area contributed by atoms with Gasteiger partial charge in [0.25, 0.3) is 0 Å². The summed E-state index contributed by atoms with van der Waals surface area (Å²) in [7, 11) is -3.41. The molecule has 0 unspecified atom stereocenters. The monoisotopic (exact) mass is 431 g/mol. The van der Waals surface area contributed by atoms with Gasteiger partial charge in [-0.25, -0.2) is 17.8 Å². The number of amides is 1. The van der Waals surface area contributed by atoms with E-state index in [-0.39, 0.29) is 23.7 Å². The van der Waals surface area contributed by atoms with Crippen LogP contribution in [0.15, 0.2) is 53.6 Å². The lowest BCUT2D eigenvalue weighted by atomic mass is 9.96. The minimum atomic E-state index is -3.41. The summed E-state index contributed by atoms with van der Waals surface area (Å²) in [6.07, 6.45) is 2.97. The molecule has 160 valence electrons. The van der Waals surface area contributed by atoms with Crippen LogP contribution in [-0.2, 0) is 14.8 Å². The summed E-state index contributed by atoms with van der Waals surface area (Å²) < 4.78 is 39.0. The molecule has 2 aromatic carbocycles. The maximum absolute atomic E-state index is 13.4. The third-order valence-electron chi connectivity index (χ3n) is 5.22. The van der Waals surface area contributed by atoms with Crippen molar-refractivity contribution in [2.24, 2.45) is 11.0 Å². The molecule has 6 nitrogen and oxygen atoms in total. The highest BCUT2D eigenvalue weighted by molar-refractivity contribution is 7.92. The van der Waals surface area contributed by atoms with Crippen LogP contribution < -0.4 is 4.72 Å². The van der Waals surface area contributed by atoms with Crippen molar-refractivity contribution in [1.29, 1.82) is 0 Å². The van der Waals surface area contributed by atoms with Gasteiger partial charge in [0.05, 0.1) is 18.0 Å². The Balaban J connectivity index is 1.97. The van der Waals surface area contributed by atoms with Gasteiger partial charge in [0, 0.05) is 18.0 Å². The molecule has 0 saturated heterocycles. The first kappa shape index (κ1) is 22.0. The van der Waals surface area contributed by atoms with Crippen LogP contribution in [0.2, 0.25) is 0 Å². The van der Waals surface area contributed by atoms with E-state index in [4.69, 9.17) is 0 Å². The molecule has 0 spiro atoms. The number of nitrogens with zero attached hydrogens (tertiary/aromatic N) is 2. The smallest absolute Gasteiger partial charge is 0.246 e. The lowest BCUT2D eigenvalue weighted by Gasteiger charge is -2.25. The van der Waals surface area contributed by atoms with Gasteiger partial charge >= 0.3 is 0 Å². The number of hydrogen-bond donors (Lipinski definition) is 1. The van der Waals surface area contributed by atoms with Crippen LogP contribution >= 0.6 is 0 Å². The third kappa shape index (κ3) is 5.05. The molecule has 1 atom stereocenters. The molecule has 3 rings (SSSR count). The van der Waals surface area contributed by atoms with Gasteiger partial charge in [-0.05, 0) is 48.2 Å². The standard InChI is InChI=1S/C22H26FN3O3S/c1-4-15(5-2)22(27)26-21(16-9-11-18(23)12-10-16)14-20(24-26)17-7-6-8-19(13-17)25-30(3,28)29/h6-13,15,21,25H,4-5,14H2,1-3H3/t21-/m0/s1. The Kier molecular flexibility index (Phi) is 6.55. The van der Waals surface area contributed by atoms with E-state index in [2.05, 4.69) is 9.82 Å². The normalized spacial score (nSPS) is 16.6. The van der Waals surface area contributed by atoms with E-state index >= 15 is 0 Å². The molecule has 1 amide bonds. The van der Waals surface area contributed by atoms with Crippen LogP contribution in [0, 0.1) is 11.7 Å². The number of sulfonamides is 1. The Morgan fingerprint density at radius 1 is 1.20 bits per heavy atom. The van der Waals surface area contributed by atoms with Crippen LogP contribution in [0.3, 0.4) is 0 Å². The quantitative estimate of drug-likeness (QED) is 0.709. The van der Waals surface area contributed by atoms with Gasteiger partial charge in [-0.3, -0.25) is 9.52 Å². The van der Waals surface area contributed by atoms with Gasteiger partial charge in [-0.2, -0.15) is 5.10 Å². The van der Waals surface area contributed by atoms with Gasteiger partial charge in [-0.1, -0.05) is 38.1 Å². The van der Waals surface area contributed by atoms with Crippen LogP contribution in [0.4, 0.5) is 10.1 Å². The second-order valence-electron chi connectivity index (χ2n) is 7.47. The summed E-state index contributed by atoms with van der Waals surface area (Å²) in [6, 6.07) is 12.7. The second-order valence-corrected chi connectivity index (χ2v) is 9.22. The highest BCUT2D eigenvalue weighted by Gasteiger charge is 2.35. The number of hydrogen-bond acceptors (Lipinski definition) is 4. The maximum Gasteiger partial charge on any atom is 0.246 e. The Morgan fingerprint density at radius 3 is 2.47 bits per heavy atom. The van der Waals surface area contributed by atoms with Crippen molar-refractivity contribution in [3.05, 3.63) is 65.5 Å². The molecule has 30 heavy (non-hydrogen) atoms. The van der Waals surface area contributed by atoms with Crippen LogP contribution in [0.25, 0.3) is 0 Å². The van der Waals surface area contributed by atoms with Gasteiger partial charge in [0.15, 0.2) is 0 Å². The largest absolute Gasteiger partial charge is 0.284 e. The highest BCUT2D eigenvalue weighted by Crippen LogP contribution is 2.35. The van der Waals surface area contributed by atoms with Gasteiger partial charge < -0.3 is 0 Å². The summed E-state index contributed by atoms with van der Waals surface area (Å²) >= 11 is 0. The molecule has 1 N–H and O–H groups in total. The molecular formula is C22H26FN3O3S. The maximum atomic E-state index is 13.4. The number of nitrogens with one attached hydrogen (secondary N) is 1. The highest BCUT2D eigenvalue weighted by atomic mass is 32.2. The first-order valence-electron chi connectivity index (χ1n) is 9.96. The first-order chi connectivity index (χ1) is 14.2. The van der Waals surface area contributed by atoms with Crippen LogP contribution in [-0.4, -0.2) is 31.3 Å². The van der Waals surface area contributed by atoms with Crippen LogP contribution in [0.5, 0.6) is 0 Å². The summed E-state index contributed by atoms with van der Waals surface area (Å²) in [5, 5.41) is 6.13.